The zero-order valence-corrected chi connectivity index (χ0v) is 16.1. The summed E-state index contributed by atoms with van der Waals surface area (Å²) in [5.74, 6) is -0.723. The summed E-state index contributed by atoms with van der Waals surface area (Å²) in [6, 6.07) is 19.0. The minimum absolute atomic E-state index is 0.221. The first-order valence-electron chi connectivity index (χ1n) is 8.83. The summed E-state index contributed by atoms with van der Waals surface area (Å²) < 4.78 is 1.08. The van der Waals surface area contributed by atoms with E-state index >= 15 is 0 Å². The maximum atomic E-state index is 12.7. The molecule has 6 nitrogen and oxygen atoms in total. The lowest BCUT2D eigenvalue weighted by Gasteiger charge is -2.13. The Bertz CT molecular complexity index is 1230. The normalized spacial score (nSPS) is 10.8. The molecule has 29 heavy (non-hydrogen) atoms. The maximum Gasteiger partial charge on any atom is 0.335 e. The first kappa shape index (κ1) is 18.7. The van der Waals surface area contributed by atoms with Gasteiger partial charge in [-0.15, -0.1) is 0 Å². The van der Waals surface area contributed by atoms with Gasteiger partial charge in [-0.2, -0.15) is 0 Å². The molecular weight excluding hydrogens is 390 g/mol. The van der Waals surface area contributed by atoms with Crippen LogP contribution >= 0.6 is 11.8 Å². The highest BCUT2D eigenvalue weighted by Crippen LogP contribution is 2.26. The van der Waals surface area contributed by atoms with Crippen molar-refractivity contribution in [2.45, 2.75) is 6.92 Å². The molecule has 0 atom stereocenters. The first-order chi connectivity index (χ1) is 13.9. The van der Waals surface area contributed by atoms with Gasteiger partial charge < -0.3 is 10.1 Å². The molecule has 1 aromatic heterocycles. The molecule has 0 unspecified atom stereocenters. The van der Waals surface area contributed by atoms with Gasteiger partial charge in [0.25, 0.3) is 5.91 Å². The van der Waals surface area contributed by atoms with Gasteiger partial charge in [0.15, 0.2) is 0 Å². The van der Waals surface area contributed by atoms with Crippen molar-refractivity contribution in [3.05, 3.63) is 83.4 Å². The van der Waals surface area contributed by atoms with Crippen LogP contribution < -0.4 is 4.42 Å². The number of rotatable bonds is 4. The van der Waals surface area contributed by atoms with Crippen LogP contribution in [-0.2, 0) is 0 Å². The molecule has 4 aromatic rings. The summed E-state index contributed by atoms with van der Waals surface area (Å²) in [5, 5.41) is 9.12. The lowest BCUT2D eigenvalue weighted by Crippen LogP contribution is -2.20. The highest BCUT2D eigenvalue weighted by Gasteiger charge is 2.17. The fourth-order valence-corrected chi connectivity index (χ4v) is 3.33. The van der Waals surface area contributed by atoms with Crippen LogP contribution in [0, 0.1) is 6.92 Å². The summed E-state index contributed by atoms with van der Waals surface area (Å²) in [6.07, 6.45) is 0. The van der Waals surface area contributed by atoms with Gasteiger partial charge in [0, 0.05) is 22.9 Å². The van der Waals surface area contributed by atoms with E-state index in [9.17, 15) is 9.59 Å². The Hall–Kier alpha value is -3.64. The van der Waals surface area contributed by atoms with E-state index in [1.807, 2.05) is 13.0 Å². The van der Waals surface area contributed by atoms with Gasteiger partial charge in [-0.05, 0) is 55.0 Å². The average molecular weight is 406 g/mol. The van der Waals surface area contributed by atoms with E-state index in [-0.39, 0.29) is 11.5 Å². The number of benzene rings is 3. The van der Waals surface area contributed by atoms with Crippen LogP contribution in [0.4, 0.5) is 5.69 Å². The van der Waals surface area contributed by atoms with E-state index in [0.29, 0.717) is 28.1 Å². The van der Waals surface area contributed by atoms with Crippen molar-refractivity contribution in [1.82, 2.24) is 9.97 Å². The zero-order chi connectivity index (χ0) is 20.5. The predicted molar refractivity (Wildman–Crippen MR) is 112 cm³/mol. The van der Waals surface area contributed by atoms with Crippen LogP contribution in [0.15, 0.2) is 66.7 Å². The van der Waals surface area contributed by atoms with Gasteiger partial charge in [-0.3, -0.25) is 4.79 Å². The number of amides is 1. The van der Waals surface area contributed by atoms with Gasteiger partial charge >= 0.3 is 5.97 Å². The quantitative estimate of drug-likeness (QED) is 0.466. The van der Waals surface area contributed by atoms with Crippen molar-refractivity contribution < 1.29 is 14.7 Å². The minimum atomic E-state index is -0.976. The molecular formula is C22H16ClN3O3. The average Bonchev–Trinajstić information content (AvgIpc) is 3.16. The second kappa shape index (κ2) is 7.41. The molecule has 1 amide bonds. The third kappa shape index (κ3) is 3.58. The smallest absolute Gasteiger partial charge is 0.335 e. The molecule has 1 heterocycles. The fraction of sp³-hybridized carbons (Fsp3) is 0.0455. The van der Waals surface area contributed by atoms with Crippen LogP contribution in [0.1, 0.15) is 26.3 Å². The summed E-state index contributed by atoms with van der Waals surface area (Å²) >= 11 is 6.21. The number of hydrogen-bond acceptors (Lipinski definition) is 3. The molecule has 0 aliphatic rings. The number of aromatic amines is 1. The van der Waals surface area contributed by atoms with Gasteiger partial charge in [-0.25, -0.2) is 14.2 Å². The highest BCUT2D eigenvalue weighted by molar-refractivity contribution is 6.39. The molecule has 144 valence electrons. The van der Waals surface area contributed by atoms with Crippen LogP contribution in [0.25, 0.3) is 22.4 Å². The number of anilines is 1. The van der Waals surface area contributed by atoms with Gasteiger partial charge in [0.2, 0.25) is 0 Å². The number of H-pyrrole nitrogens is 1. The number of para-hydroxylation sites is 1. The molecule has 0 aliphatic heterocycles. The number of carbonyl (C=O) groups is 2. The molecule has 4 rings (SSSR count). The number of carboxylic acids is 1. The Kier molecular flexibility index (Phi) is 4.78. The second-order valence-electron chi connectivity index (χ2n) is 6.57. The molecule has 0 saturated heterocycles. The Morgan fingerprint density at radius 1 is 1.00 bits per heavy atom. The predicted octanol–water partition coefficient (Wildman–Crippen LogP) is 5.04. The maximum absolute atomic E-state index is 12.7. The summed E-state index contributed by atoms with van der Waals surface area (Å²) in [6.45, 7) is 1.83. The molecule has 2 N–H and O–H groups in total. The lowest BCUT2D eigenvalue weighted by atomic mass is 10.0. The SMILES string of the molecule is Cc1cc(C(=O)O)ccc1-c1nc2ccc(C(=O)N(Cl)c3ccccc3)cc2[nH]1. The third-order valence-corrected chi connectivity index (χ3v) is 4.97. The summed E-state index contributed by atoms with van der Waals surface area (Å²) in [4.78, 5) is 31.6. The van der Waals surface area contributed by atoms with Crippen LogP contribution in [0.5, 0.6) is 0 Å². The fourth-order valence-electron chi connectivity index (χ4n) is 3.12. The molecule has 0 aliphatic carbocycles. The van der Waals surface area contributed by atoms with E-state index < -0.39 is 5.97 Å². The molecule has 7 heteroatoms. The number of imidazole rings is 1. The van der Waals surface area contributed by atoms with Gasteiger partial charge in [-0.1, -0.05) is 24.3 Å². The van der Waals surface area contributed by atoms with E-state index in [1.165, 1.54) is 6.07 Å². The number of aryl methyl sites for hydroxylation is 1. The van der Waals surface area contributed by atoms with E-state index in [1.54, 1.807) is 54.6 Å². The lowest BCUT2D eigenvalue weighted by molar-refractivity contribution is 0.0696. The van der Waals surface area contributed by atoms with Crippen molar-refractivity contribution in [1.29, 1.82) is 0 Å². The summed E-state index contributed by atoms with van der Waals surface area (Å²) in [7, 11) is 0. The number of carboxylic acid groups (broad SMARTS) is 1. The highest BCUT2D eigenvalue weighted by atomic mass is 35.5. The van der Waals surface area contributed by atoms with E-state index in [2.05, 4.69) is 9.97 Å². The molecule has 0 radical (unpaired) electrons. The Balaban J connectivity index is 1.68. The standard InChI is InChI=1S/C22H16ClN3O3/c1-13-11-15(22(28)29)7-9-17(13)20-24-18-10-8-14(12-19(18)25-20)21(27)26(23)16-5-3-2-4-6-16/h2-12H,1H3,(H,24,25)(H,28,29). The molecule has 0 bridgehead atoms. The number of fused-ring (bicyclic) bond motifs is 1. The van der Waals surface area contributed by atoms with Crippen molar-refractivity contribution >= 4 is 40.4 Å². The molecule has 0 fully saturated rings. The number of nitrogens with one attached hydrogen (secondary N) is 1. The topological polar surface area (TPSA) is 86.3 Å². The Morgan fingerprint density at radius 3 is 2.41 bits per heavy atom. The van der Waals surface area contributed by atoms with Gasteiger partial charge in [0.05, 0.1) is 22.3 Å². The number of carbonyl (C=O) groups excluding carboxylic acids is 1. The number of aromatic nitrogens is 2. The minimum Gasteiger partial charge on any atom is -0.478 e. The van der Waals surface area contributed by atoms with Crippen molar-refractivity contribution in [2.24, 2.45) is 0 Å². The third-order valence-electron chi connectivity index (χ3n) is 4.62. The van der Waals surface area contributed by atoms with Crippen molar-refractivity contribution in [3.63, 3.8) is 0 Å². The number of hydrogen-bond donors (Lipinski definition) is 2. The number of nitrogens with zero attached hydrogens (tertiary/aromatic N) is 2. The Labute approximate surface area is 171 Å². The Morgan fingerprint density at radius 2 is 1.72 bits per heavy atom. The molecule has 0 spiro atoms. The van der Waals surface area contributed by atoms with Crippen LogP contribution in [-0.4, -0.2) is 27.0 Å². The number of aromatic carboxylic acids is 1. The van der Waals surface area contributed by atoms with Crippen LogP contribution in [0.2, 0.25) is 0 Å². The zero-order valence-electron chi connectivity index (χ0n) is 15.4. The summed E-state index contributed by atoms with van der Waals surface area (Å²) in [5.41, 5.74) is 4.19. The second-order valence-corrected chi connectivity index (χ2v) is 6.91. The van der Waals surface area contributed by atoms with Crippen molar-refractivity contribution in [2.75, 3.05) is 4.42 Å². The monoisotopic (exact) mass is 405 g/mol. The first-order valence-corrected chi connectivity index (χ1v) is 9.17. The van der Waals surface area contributed by atoms with Crippen LogP contribution in [0.3, 0.4) is 0 Å². The van der Waals surface area contributed by atoms with Gasteiger partial charge in [0.1, 0.15) is 5.82 Å². The van der Waals surface area contributed by atoms with E-state index in [4.69, 9.17) is 16.9 Å². The number of halogens is 1. The molecule has 3 aromatic carbocycles. The largest absolute Gasteiger partial charge is 0.478 e. The van der Waals surface area contributed by atoms with Crippen molar-refractivity contribution in [3.8, 4) is 11.4 Å². The van der Waals surface area contributed by atoms with E-state index in [0.717, 1.165) is 15.5 Å². The molecule has 0 saturated carbocycles.